The van der Waals surface area contributed by atoms with Crippen molar-refractivity contribution in [1.82, 2.24) is 9.78 Å². The zero-order valence-electron chi connectivity index (χ0n) is 16.3. The Balaban J connectivity index is 1.87. The standard InChI is InChI=1S/C21H30N6/c1-15(2)20(22)27-21(23)18(24-14-16-9-5-3-6-10-16)13-19(26-27)25-17-11-7-4-8-12-17/h3,5-6,9-10,13,15,17,22-24H,4,7-8,11-12,14H2,1-2H3,(H,25,26). The molecule has 0 saturated heterocycles. The summed E-state index contributed by atoms with van der Waals surface area (Å²) in [4.78, 5) is 0. The highest BCUT2D eigenvalue weighted by atomic mass is 15.3. The summed E-state index contributed by atoms with van der Waals surface area (Å²) in [5, 5.41) is 28.3. The van der Waals surface area contributed by atoms with Crippen LogP contribution in [-0.2, 0) is 6.54 Å². The summed E-state index contributed by atoms with van der Waals surface area (Å²) < 4.78 is 1.45. The molecule has 0 spiro atoms. The van der Waals surface area contributed by atoms with Crippen LogP contribution < -0.4 is 16.1 Å². The summed E-state index contributed by atoms with van der Waals surface area (Å²) in [6, 6.07) is 12.5. The summed E-state index contributed by atoms with van der Waals surface area (Å²) in [6.45, 7) is 4.54. The van der Waals surface area contributed by atoms with Gasteiger partial charge in [-0.05, 0) is 18.4 Å². The van der Waals surface area contributed by atoms with Crippen LogP contribution in [0, 0.1) is 16.7 Å². The van der Waals surface area contributed by atoms with Crippen molar-refractivity contribution in [1.29, 1.82) is 10.8 Å². The highest BCUT2D eigenvalue weighted by molar-refractivity contribution is 5.83. The number of aromatic nitrogens is 2. The molecule has 0 unspecified atom stereocenters. The molecule has 144 valence electrons. The largest absolute Gasteiger partial charge is 0.378 e. The fourth-order valence-electron chi connectivity index (χ4n) is 3.38. The minimum atomic E-state index is -0.00139. The summed E-state index contributed by atoms with van der Waals surface area (Å²) in [7, 11) is 0. The van der Waals surface area contributed by atoms with Crippen molar-refractivity contribution in [2.24, 2.45) is 5.92 Å². The van der Waals surface area contributed by atoms with Gasteiger partial charge in [0.25, 0.3) is 0 Å². The lowest BCUT2D eigenvalue weighted by molar-refractivity contribution is 0.461. The Morgan fingerprint density at radius 2 is 1.89 bits per heavy atom. The van der Waals surface area contributed by atoms with E-state index in [9.17, 15) is 0 Å². The number of hydrogen-bond donors (Lipinski definition) is 4. The Bertz CT molecular complexity index is 818. The van der Waals surface area contributed by atoms with Gasteiger partial charge in [0.05, 0.1) is 5.69 Å². The molecule has 0 amide bonds. The van der Waals surface area contributed by atoms with Crippen molar-refractivity contribution >= 4 is 17.3 Å². The number of nitrogens with zero attached hydrogens (tertiary/aromatic N) is 2. The highest BCUT2D eigenvalue weighted by Crippen LogP contribution is 2.21. The SMILES string of the molecule is CC(C)C(=N)n1nc(NC2CCCCC2)cc(NCc2ccccc2)c1=N. The Hall–Kier alpha value is -2.63. The van der Waals surface area contributed by atoms with Crippen LogP contribution in [0.3, 0.4) is 0 Å². The third kappa shape index (κ3) is 4.96. The van der Waals surface area contributed by atoms with E-state index in [0.717, 1.165) is 24.2 Å². The van der Waals surface area contributed by atoms with Gasteiger partial charge in [0, 0.05) is 24.6 Å². The van der Waals surface area contributed by atoms with E-state index in [1.807, 2.05) is 38.1 Å². The van der Waals surface area contributed by atoms with Gasteiger partial charge < -0.3 is 10.6 Å². The summed E-state index contributed by atoms with van der Waals surface area (Å²) in [5.41, 5.74) is 2.07. The van der Waals surface area contributed by atoms with E-state index in [2.05, 4.69) is 27.9 Å². The van der Waals surface area contributed by atoms with Crippen LogP contribution in [0.5, 0.6) is 0 Å². The first-order valence-electron chi connectivity index (χ1n) is 9.86. The lowest BCUT2D eigenvalue weighted by atomic mass is 9.95. The van der Waals surface area contributed by atoms with E-state index in [-0.39, 0.29) is 11.4 Å². The van der Waals surface area contributed by atoms with Gasteiger partial charge in [0.2, 0.25) is 0 Å². The second kappa shape index (κ2) is 8.84. The van der Waals surface area contributed by atoms with Crippen LogP contribution >= 0.6 is 0 Å². The second-order valence-electron chi connectivity index (χ2n) is 7.56. The average molecular weight is 367 g/mol. The van der Waals surface area contributed by atoms with Crippen molar-refractivity contribution in [3.05, 3.63) is 47.4 Å². The van der Waals surface area contributed by atoms with Crippen LogP contribution in [0.25, 0.3) is 0 Å². The topological polar surface area (TPSA) is 89.6 Å². The second-order valence-corrected chi connectivity index (χ2v) is 7.56. The Kier molecular flexibility index (Phi) is 6.27. The number of rotatable bonds is 6. The number of benzene rings is 1. The molecule has 0 bridgehead atoms. The zero-order chi connectivity index (χ0) is 19.2. The van der Waals surface area contributed by atoms with Gasteiger partial charge in [-0.1, -0.05) is 63.4 Å². The van der Waals surface area contributed by atoms with Gasteiger partial charge in [-0.3, -0.25) is 10.8 Å². The van der Waals surface area contributed by atoms with E-state index < -0.39 is 0 Å². The Labute approximate surface area is 161 Å². The molecule has 6 heteroatoms. The predicted molar refractivity (Wildman–Crippen MR) is 110 cm³/mol. The van der Waals surface area contributed by atoms with Gasteiger partial charge in [-0.25, -0.2) is 0 Å². The monoisotopic (exact) mass is 366 g/mol. The molecule has 1 aromatic carbocycles. The maximum absolute atomic E-state index is 8.52. The number of hydrogen-bond acceptors (Lipinski definition) is 5. The minimum absolute atomic E-state index is 0.00139. The molecule has 1 fully saturated rings. The first-order valence-corrected chi connectivity index (χ1v) is 9.86. The molecule has 3 rings (SSSR count). The van der Waals surface area contributed by atoms with Gasteiger partial charge in [0.1, 0.15) is 11.7 Å². The summed E-state index contributed by atoms with van der Waals surface area (Å²) in [6.07, 6.45) is 6.10. The molecule has 1 aliphatic carbocycles. The smallest absolute Gasteiger partial charge is 0.171 e. The molecule has 6 nitrogen and oxygen atoms in total. The van der Waals surface area contributed by atoms with Crippen LogP contribution in [0.2, 0.25) is 0 Å². The summed E-state index contributed by atoms with van der Waals surface area (Å²) >= 11 is 0. The minimum Gasteiger partial charge on any atom is -0.378 e. The molecule has 0 aliphatic heterocycles. The highest BCUT2D eigenvalue weighted by Gasteiger charge is 2.17. The van der Waals surface area contributed by atoms with Crippen molar-refractivity contribution < 1.29 is 0 Å². The van der Waals surface area contributed by atoms with Crippen molar-refractivity contribution in [2.45, 2.75) is 58.5 Å². The average Bonchev–Trinajstić information content (AvgIpc) is 2.69. The third-order valence-corrected chi connectivity index (χ3v) is 5.01. The maximum atomic E-state index is 8.52. The lowest BCUT2D eigenvalue weighted by Gasteiger charge is -2.24. The number of nitrogens with one attached hydrogen (secondary N) is 4. The van der Waals surface area contributed by atoms with Crippen LogP contribution in [0.4, 0.5) is 11.5 Å². The fraction of sp³-hybridized carbons (Fsp3) is 0.476. The lowest BCUT2D eigenvalue weighted by Crippen LogP contribution is -2.35. The molecule has 1 heterocycles. The molecular weight excluding hydrogens is 336 g/mol. The van der Waals surface area contributed by atoms with Crippen LogP contribution in [0.15, 0.2) is 36.4 Å². The van der Waals surface area contributed by atoms with E-state index in [0.29, 0.717) is 24.1 Å². The van der Waals surface area contributed by atoms with E-state index in [1.165, 1.54) is 23.9 Å². The molecule has 0 radical (unpaired) electrons. The van der Waals surface area contributed by atoms with E-state index >= 15 is 0 Å². The molecule has 0 atom stereocenters. The van der Waals surface area contributed by atoms with Gasteiger partial charge >= 0.3 is 0 Å². The van der Waals surface area contributed by atoms with Crippen molar-refractivity contribution in [3.8, 4) is 0 Å². The molecule has 1 aromatic heterocycles. The maximum Gasteiger partial charge on any atom is 0.171 e. The van der Waals surface area contributed by atoms with E-state index in [4.69, 9.17) is 10.8 Å². The zero-order valence-corrected chi connectivity index (χ0v) is 16.3. The van der Waals surface area contributed by atoms with E-state index in [1.54, 1.807) is 0 Å². The quantitative estimate of drug-likeness (QED) is 0.456. The van der Waals surface area contributed by atoms with Crippen molar-refractivity contribution in [2.75, 3.05) is 10.6 Å². The number of anilines is 2. The molecule has 1 saturated carbocycles. The van der Waals surface area contributed by atoms with Crippen LogP contribution in [0.1, 0.15) is 51.5 Å². The van der Waals surface area contributed by atoms with Gasteiger partial charge in [0.15, 0.2) is 5.49 Å². The molecule has 2 aromatic rings. The van der Waals surface area contributed by atoms with Crippen LogP contribution in [-0.4, -0.2) is 21.7 Å². The predicted octanol–water partition coefficient (Wildman–Crippen LogP) is 4.20. The Morgan fingerprint density at radius 1 is 1.19 bits per heavy atom. The third-order valence-electron chi connectivity index (χ3n) is 5.01. The molecule has 4 N–H and O–H groups in total. The fourth-order valence-corrected chi connectivity index (χ4v) is 3.38. The normalized spacial score (nSPS) is 14.9. The van der Waals surface area contributed by atoms with Gasteiger partial charge in [-0.2, -0.15) is 4.68 Å². The molecule has 1 aliphatic rings. The van der Waals surface area contributed by atoms with Crippen molar-refractivity contribution in [3.63, 3.8) is 0 Å². The Morgan fingerprint density at radius 3 is 2.56 bits per heavy atom. The first-order chi connectivity index (χ1) is 13.0. The first kappa shape index (κ1) is 19.1. The molecular formula is C21H30N6. The van der Waals surface area contributed by atoms with Gasteiger partial charge in [-0.15, -0.1) is 5.10 Å². The summed E-state index contributed by atoms with van der Waals surface area (Å²) in [5.74, 6) is 1.06. The molecule has 27 heavy (non-hydrogen) atoms.